The van der Waals surface area contributed by atoms with E-state index in [2.05, 4.69) is 55.4 Å². The quantitative estimate of drug-likeness (QED) is 0.0424. The van der Waals surface area contributed by atoms with E-state index in [1.165, 1.54) is 0 Å². The molecule has 0 aliphatic rings. The summed E-state index contributed by atoms with van der Waals surface area (Å²) in [7, 11) is 0. The Morgan fingerprint density at radius 2 is 0.791 bits per heavy atom. The number of rotatable bonds is 32. The number of ether oxygens (including phenoxy) is 7. The summed E-state index contributed by atoms with van der Waals surface area (Å²) in [5.41, 5.74) is 0. The maximum atomic E-state index is 6.37. The van der Waals surface area contributed by atoms with Gasteiger partial charge in [-0.2, -0.15) is 0 Å². The van der Waals surface area contributed by atoms with Crippen LogP contribution >= 0.6 is 0 Å². The van der Waals surface area contributed by atoms with Gasteiger partial charge in [0.15, 0.2) is 25.1 Å². The molecule has 0 amide bonds. The highest BCUT2D eigenvalue weighted by molar-refractivity contribution is 5.09. The highest BCUT2D eigenvalue weighted by Gasteiger charge is 2.24. The van der Waals surface area contributed by atoms with Crippen molar-refractivity contribution in [2.45, 2.75) is 170 Å². The Balaban J connectivity index is 5.76. The minimum atomic E-state index is -0.209. The Bertz CT molecular complexity index is 621. The van der Waals surface area contributed by atoms with E-state index in [4.69, 9.17) is 33.2 Å². The van der Waals surface area contributed by atoms with Crippen LogP contribution in [0.1, 0.15) is 158 Å². The Morgan fingerprint density at radius 1 is 0.419 bits per heavy atom. The molecule has 43 heavy (non-hydrogen) atoms. The molecule has 256 valence electrons. The molecule has 0 saturated carbocycles. The summed E-state index contributed by atoms with van der Waals surface area (Å²) in [6, 6.07) is 0. The average Bonchev–Trinajstić information content (AvgIpc) is 3.01. The predicted molar refractivity (Wildman–Crippen MR) is 178 cm³/mol. The van der Waals surface area contributed by atoms with Crippen LogP contribution in [0.4, 0.5) is 0 Å². The normalized spacial score (nSPS) is 14.1. The molecule has 0 aliphatic carbocycles. The van der Waals surface area contributed by atoms with Gasteiger partial charge in [0, 0.05) is 12.8 Å². The molecule has 0 heterocycles. The summed E-state index contributed by atoms with van der Waals surface area (Å²) in [4.78, 5) is 0. The minimum absolute atomic E-state index is 0.119. The average molecular weight is 615 g/mol. The molecule has 7 heteroatoms. The molecule has 0 aromatic rings. The van der Waals surface area contributed by atoms with Crippen LogP contribution in [-0.2, 0) is 33.2 Å². The van der Waals surface area contributed by atoms with E-state index < -0.39 is 0 Å². The zero-order valence-electron chi connectivity index (χ0n) is 29.6. The molecule has 0 aromatic heterocycles. The molecule has 0 radical (unpaired) electrons. The summed E-state index contributed by atoms with van der Waals surface area (Å²) in [5, 5.41) is 0. The van der Waals surface area contributed by atoms with E-state index in [0.29, 0.717) is 26.4 Å². The van der Waals surface area contributed by atoms with Crippen LogP contribution in [0.5, 0.6) is 0 Å². The second-order valence-electron chi connectivity index (χ2n) is 11.2. The van der Waals surface area contributed by atoms with Gasteiger partial charge in [0.2, 0.25) is 0 Å². The van der Waals surface area contributed by atoms with Crippen molar-refractivity contribution in [3.8, 4) is 0 Å². The largest absolute Gasteiger partial charge is 0.494 e. The second-order valence-corrected chi connectivity index (χ2v) is 11.2. The third kappa shape index (κ3) is 20.3. The van der Waals surface area contributed by atoms with Crippen LogP contribution < -0.4 is 0 Å². The summed E-state index contributed by atoms with van der Waals surface area (Å²) in [6.07, 6.45) is 15.5. The van der Waals surface area contributed by atoms with Crippen LogP contribution in [0, 0.1) is 0 Å². The molecular weight excluding hydrogens is 544 g/mol. The molecule has 0 spiro atoms. The lowest BCUT2D eigenvalue weighted by Gasteiger charge is -2.26. The van der Waals surface area contributed by atoms with E-state index in [1.54, 1.807) is 0 Å². The van der Waals surface area contributed by atoms with Crippen molar-refractivity contribution < 1.29 is 33.2 Å². The van der Waals surface area contributed by atoms with Crippen LogP contribution in [0.2, 0.25) is 0 Å². The fraction of sp³-hybridized carbons (Fsp3) is 0.889. The van der Waals surface area contributed by atoms with Gasteiger partial charge in [0.1, 0.15) is 23.7 Å². The van der Waals surface area contributed by atoms with Crippen molar-refractivity contribution in [2.75, 3.05) is 40.0 Å². The molecule has 0 fully saturated rings. The van der Waals surface area contributed by atoms with Crippen LogP contribution in [0.25, 0.3) is 0 Å². The Hall–Kier alpha value is -1.44. The summed E-state index contributed by atoms with van der Waals surface area (Å²) < 4.78 is 43.7. The third-order valence-corrected chi connectivity index (χ3v) is 6.82. The first-order chi connectivity index (χ1) is 21.1. The SMILES string of the molecule is CCCCCC(OCOCOC(CCCCC)C(OCCC)=C(CCC)OCCC)C(OCCC)=C(CCC)OCCC. The van der Waals surface area contributed by atoms with Crippen molar-refractivity contribution in [3.05, 3.63) is 23.0 Å². The number of hydrogen-bond acceptors (Lipinski definition) is 7. The van der Waals surface area contributed by atoms with E-state index in [0.717, 1.165) is 126 Å². The van der Waals surface area contributed by atoms with Crippen molar-refractivity contribution in [1.82, 2.24) is 0 Å². The Labute approximate surface area is 266 Å². The number of unbranched alkanes of at least 4 members (excludes halogenated alkanes) is 4. The molecule has 0 aromatic carbocycles. The molecule has 0 rings (SSSR count). The molecule has 0 saturated heterocycles. The second kappa shape index (κ2) is 30.6. The van der Waals surface area contributed by atoms with Gasteiger partial charge >= 0.3 is 0 Å². The van der Waals surface area contributed by atoms with Gasteiger partial charge in [-0.25, -0.2) is 0 Å². The molecule has 0 bridgehead atoms. The monoisotopic (exact) mass is 615 g/mol. The Morgan fingerprint density at radius 3 is 1.12 bits per heavy atom. The van der Waals surface area contributed by atoms with E-state index in [9.17, 15) is 0 Å². The molecule has 2 atom stereocenters. The van der Waals surface area contributed by atoms with Crippen molar-refractivity contribution in [2.24, 2.45) is 0 Å². The lowest BCUT2D eigenvalue weighted by Crippen LogP contribution is -2.25. The van der Waals surface area contributed by atoms with Gasteiger partial charge in [-0.15, -0.1) is 0 Å². The van der Waals surface area contributed by atoms with Gasteiger partial charge < -0.3 is 33.2 Å². The molecule has 2 unspecified atom stereocenters. The fourth-order valence-corrected chi connectivity index (χ4v) is 4.60. The minimum Gasteiger partial charge on any atom is -0.494 e. The van der Waals surface area contributed by atoms with Crippen molar-refractivity contribution in [1.29, 1.82) is 0 Å². The van der Waals surface area contributed by atoms with Crippen LogP contribution in [0.15, 0.2) is 23.0 Å². The summed E-state index contributed by atoms with van der Waals surface area (Å²) >= 11 is 0. The molecule has 0 aliphatic heterocycles. The zero-order valence-corrected chi connectivity index (χ0v) is 29.6. The van der Waals surface area contributed by atoms with Gasteiger partial charge in [0.05, 0.1) is 26.4 Å². The zero-order chi connectivity index (χ0) is 32.0. The van der Waals surface area contributed by atoms with Crippen LogP contribution in [-0.4, -0.2) is 52.2 Å². The van der Waals surface area contributed by atoms with Crippen LogP contribution in [0.3, 0.4) is 0 Å². The summed E-state index contributed by atoms with van der Waals surface area (Å²) in [5.74, 6) is 3.52. The number of hydrogen-bond donors (Lipinski definition) is 0. The highest BCUT2D eigenvalue weighted by Crippen LogP contribution is 2.26. The molecule has 0 N–H and O–H groups in total. The molecular formula is C36H70O7. The first-order valence-corrected chi connectivity index (χ1v) is 17.9. The first kappa shape index (κ1) is 41.6. The van der Waals surface area contributed by atoms with Crippen molar-refractivity contribution >= 4 is 0 Å². The highest BCUT2D eigenvalue weighted by atomic mass is 16.7. The number of allylic oxidation sites excluding steroid dienone is 2. The maximum absolute atomic E-state index is 6.37. The van der Waals surface area contributed by atoms with E-state index in [-0.39, 0.29) is 25.8 Å². The standard InChI is InChI=1S/C36H70O7/c1-9-17-19-23-33(35(40-27-15-7)31(21-11-3)38-25-13-5)42-29-37-30-43-34(24-20-18-10-2)36(41-28-16-8)32(22-12-4)39-26-14-6/h33-34H,9-30H2,1-8H3. The topological polar surface area (TPSA) is 64.6 Å². The smallest absolute Gasteiger partial charge is 0.162 e. The van der Waals surface area contributed by atoms with Gasteiger partial charge in [-0.3, -0.25) is 0 Å². The lowest BCUT2D eigenvalue weighted by molar-refractivity contribution is -0.167. The van der Waals surface area contributed by atoms with E-state index >= 15 is 0 Å². The lowest BCUT2D eigenvalue weighted by atomic mass is 10.1. The maximum Gasteiger partial charge on any atom is 0.162 e. The summed E-state index contributed by atoms with van der Waals surface area (Å²) in [6.45, 7) is 20.2. The molecule has 7 nitrogen and oxygen atoms in total. The third-order valence-electron chi connectivity index (χ3n) is 6.82. The van der Waals surface area contributed by atoms with E-state index in [1.807, 2.05) is 0 Å². The predicted octanol–water partition coefficient (Wildman–Crippen LogP) is 10.6. The van der Waals surface area contributed by atoms with Gasteiger partial charge in [-0.05, 0) is 51.4 Å². The van der Waals surface area contributed by atoms with Crippen molar-refractivity contribution in [3.63, 3.8) is 0 Å². The van der Waals surface area contributed by atoms with Gasteiger partial charge in [-0.1, -0.05) is 93.9 Å². The first-order valence-electron chi connectivity index (χ1n) is 17.9. The Kier molecular flexibility index (Phi) is 29.6. The van der Waals surface area contributed by atoms with Gasteiger partial charge in [0.25, 0.3) is 0 Å². The fourth-order valence-electron chi connectivity index (χ4n) is 4.60.